The second kappa shape index (κ2) is 4.25. The van der Waals surface area contributed by atoms with E-state index in [1.54, 1.807) is 0 Å². The molecular weight excluding hydrogens is 176 g/mol. The highest BCUT2D eigenvalue weighted by Gasteiger charge is 2.37. The lowest BCUT2D eigenvalue weighted by atomic mass is 9.82. The second-order valence-electron chi connectivity index (χ2n) is 4.70. The van der Waals surface area contributed by atoms with Crippen molar-refractivity contribution in [2.45, 2.75) is 62.9 Å². The molecule has 2 saturated heterocycles. The van der Waals surface area contributed by atoms with E-state index in [4.69, 9.17) is 0 Å². The van der Waals surface area contributed by atoms with Crippen molar-refractivity contribution in [1.82, 2.24) is 0 Å². The van der Waals surface area contributed by atoms with Crippen molar-refractivity contribution in [3.05, 3.63) is 0 Å². The topological polar surface area (TPSA) is 0 Å². The van der Waals surface area contributed by atoms with Crippen LogP contribution in [0.2, 0.25) is 0 Å². The molecule has 0 N–H and O–H groups in total. The first-order valence-electron chi connectivity index (χ1n) is 6.00. The van der Waals surface area contributed by atoms with E-state index in [0.717, 1.165) is 22.3 Å². The normalized spacial score (nSPS) is 44.8. The first kappa shape index (κ1) is 9.89. The predicted molar refractivity (Wildman–Crippen MR) is 61.2 cm³/mol. The Balaban J connectivity index is 1.96. The van der Waals surface area contributed by atoms with E-state index in [0.29, 0.717) is 0 Å². The first-order valence-corrected chi connectivity index (χ1v) is 6.94. The lowest BCUT2D eigenvalue weighted by Gasteiger charge is -2.43. The fourth-order valence-electron chi connectivity index (χ4n) is 3.12. The highest BCUT2D eigenvalue weighted by molar-refractivity contribution is 8.00. The van der Waals surface area contributed by atoms with Gasteiger partial charge in [0.05, 0.1) is 0 Å². The maximum atomic E-state index is 2.37. The Kier molecular flexibility index (Phi) is 3.23. The zero-order valence-corrected chi connectivity index (χ0v) is 9.78. The molecule has 0 aromatic rings. The maximum absolute atomic E-state index is 2.37. The third-order valence-electron chi connectivity index (χ3n) is 4.09. The van der Waals surface area contributed by atoms with E-state index in [2.05, 4.69) is 25.6 Å². The van der Waals surface area contributed by atoms with E-state index >= 15 is 0 Å². The molecule has 0 radical (unpaired) electrons. The van der Waals surface area contributed by atoms with Gasteiger partial charge in [-0.2, -0.15) is 11.8 Å². The largest absolute Gasteiger partial charge is 0.155 e. The Morgan fingerprint density at radius 3 is 1.69 bits per heavy atom. The van der Waals surface area contributed by atoms with E-state index in [9.17, 15) is 0 Å². The molecule has 2 bridgehead atoms. The van der Waals surface area contributed by atoms with Crippen LogP contribution >= 0.6 is 11.8 Å². The van der Waals surface area contributed by atoms with Gasteiger partial charge < -0.3 is 0 Å². The SMILES string of the molecule is CCC1CCC2SC1CCC2CC. The van der Waals surface area contributed by atoms with E-state index < -0.39 is 0 Å². The molecule has 76 valence electrons. The molecule has 0 aliphatic carbocycles. The summed E-state index contributed by atoms with van der Waals surface area (Å²) in [4.78, 5) is 0. The summed E-state index contributed by atoms with van der Waals surface area (Å²) in [6.07, 6.45) is 8.91. The Labute approximate surface area is 86.9 Å². The van der Waals surface area contributed by atoms with Crippen molar-refractivity contribution in [1.29, 1.82) is 0 Å². The van der Waals surface area contributed by atoms with Crippen molar-refractivity contribution in [2.75, 3.05) is 0 Å². The van der Waals surface area contributed by atoms with Crippen LogP contribution in [0.4, 0.5) is 0 Å². The van der Waals surface area contributed by atoms with E-state index in [1.165, 1.54) is 38.5 Å². The molecule has 2 aliphatic heterocycles. The van der Waals surface area contributed by atoms with Crippen molar-refractivity contribution in [3.8, 4) is 0 Å². The van der Waals surface area contributed by atoms with Gasteiger partial charge in [-0.05, 0) is 37.5 Å². The van der Waals surface area contributed by atoms with Gasteiger partial charge in [0.2, 0.25) is 0 Å². The lowest BCUT2D eigenvalue weighted by molar-refractivity contribution is 0.298. The average Bonchev–Trinajstić information content (AvgIpc) is 2.19. The fourth-order valence-corrected chi connectivity index (χ4v) is 5.21. The summed E-state index contributed by atoms with van der Waals surface area (Å²) in [7, 11) is 0. The average molecular weight is 198 g/mol. The minimum absolute atomic E-state index is 1.03. The monoisotopic (exact) mass is 198 g/mol. The van der Waals surface area contributed by atoms with Gasteiger partial charge in [-0.1, -0.05) is 26.7 Å². The zero-order chi connectivity index (χ0) is 9.26. The van der Waals surface area contributed by atoms with Crippen molar-refractivity contribution >= 4 is 11.8 Å². The number of hydrogen-bond acceptors (Lipinski definition) is 1. The number of fused-ring (bicyclic) bond motifs is 2. The van der Waals surface area contributed by atoms with Gasteiger partial charge in [0.25, 0.3) is 0 Å². The van der Waals surface area contributed by atoms with Crippen molar-refractivity contribution < 1.29 is 0 Å². The highest BCUT2D eigenvalue weighted by Crippen LogP contribution is 2.48. The summed E-state index contributed by atoms with van der Waals surface area (Å²) in [5.74, 6) is 2.11. The van der Waals surface area contributed by atoms with Crippen LogP contribution in [0.1, 0.15) is 52.4 Å². The molecule has 1 heteroatoms. The molecule has 0 amide bonds. The smallest absolute Gasteiger partial charge is 0.00782 e. The number of rotatable bonds is 2. The highest BCUT2D eigenvalue weighted by atomic mass is 32.2. The van der Waals surface area contributed by atoms with Gasteiger partial charge in [0, 0.05) is 10.5 Å². The van der Waals surface area contributed by atoms with Crippen molar-refractivity contribution in [2.24, 2.45) is 11.8 Å². The molecule has 2 aliphatic rings. The van der Waals surface area contributed by atoms with Crippen LogP contribution in [0.3, 0.4) is 0 Å². The molecule has 0 aromatic carbocycles. The molecule has 0 aromatic heterocycles. The van der Waals surface area contributed by atoms with Crippen LogP contribution in [-0.2, 0) is 0 Å². The molecule has 2 rings (SSSR count). The van der Waals surface area contributed by atoms with Gasteiger partial charge in [-0.3, -0.25) is 0 Å². The Morgan fingerprint density at radius 2 is 1.31 bits per heavy atom. The standard InChI is InChI=1S/C12H22S/c1-3-9-5-7-12-10(4-2)6-8-11(9)13-12/h9-12H,3-8H2,1-2H3. The molecule has 0 saturated carbocycles. The maximum Gasteiger partial charge on any atom is 0.00782 e. The van der Waals surface area contributed by atoms with Crippen LogP contribution in [0.5, 0.6) is 0 Å². The van der Waals surface area contributed by atoms with Crippen molar-refractivity contribution in [3.63, 3.8) is 0 Å². The summed E-state index contributed by atoms with van der Waals surface area (Å²) in [5, 5.41) is 2.07. The van der Waals surface area contributed by atoms with Crippen LogP contribution in [-0.4, -0.2) is 10.5 Å². The molecule has 13 heavy (non-hydrogen) atoms. The summed E-state index contributed by atoms with van der Waals surface area (Å²) >= 11 is 2.34. The fraction of sp³-hybridized carbons (Fsp3) is 1.00. The molecule has 0 spiro atoms. The molecule has 2 heterocycles. The van der Waals surface area contributed by atoms with Crippen LogP contribution in [0.15, 0.2) is 0 Å². The summed E-state index contributed by atoms with van der Waals surface area (Å²) in [5.41, 5.74) is 0. The zero-order valence-electron chi connectivity index (χ0n) is 8.96. The van der Waals surface area contributed by atoms with E-state index in [-0.39, 0.29) is 0 Å². The van der Waals surface area contributed by atoms with Gasteiger partial charge in [0.15, 0.2) is 0 Å². The quantitative estimate of drug-likeness (QED) is 0.644. The van der Waals surface area contributed by atoms with E-state index in [1.807, 2.05) is 0 Å². The molecule has 4 unspecified atom stereocenters. The second-order valence-corrected chi connectivity index (χ2v) is 6.19. The van der Waals surface area contributed by atoms with Crippen LogP contribution < -0.4 is 0 Å². The van der Waals surface area contributed by atoms with Crippen LogP contribution in [0, 0.1) is 11.8 Å². The molecule has 4 atom stereocenters. The van der Waals surface area contributed by atoms with Crippen LogP contribution in [0.25, 0.3) is 0 Å². The Morgan fingerprint density at radius 1 is 0.846 bits per heavy atom. The minimum Gasteiger partial charge on any atom is -0.155 e. The number of hydrogen-bond donors (Lipinski definition) is 0. The third-order valence-corrected chi connectivity index (χ3v) is 6.03. The summed E-state index contributed by atoms with van der Waals surface area (Å²) in [6, 6.07) is 0. The summed E-state index contributed by atoms with van der Waals surface area (Å²) in [6.45, 7) is 4.74. The molecular formula is C12H22S. The Bertz CT molecular complexity index is 149. The van der Waals surface area contributed by atoms with Gasteiger partial charge in [-0.15, -0.1) is 0 Å². The van der Waals surface area contributed by atoms with Gasteiger partial charge in [0.1, 0.15) is 0 Å². The molecule has 2 fully saturated rings. The predicted octanol–water partition coefficient (Wildman–Crippen LogP) is 4.10. The lowest BCUT2D eigenvalue weighted by Crippen LogP contribution is -2.35. The third kappa shape index (κ3) is 1.91. The number of thioether (sulfide) groups is 1. The Hall–Kier alpha value is 0.350. The van der Waals surface area contributed by atoms with Gasteiger partial charge in [-0.25, -0.2) is 0 Å². The molecule has 0 nitrogen and oxygen atoms in total. The minimum atomic E-state index is 1.03. The van der Waals surface area contributed by atoms with Gasteiger partial charge >= 0.3 is 0 Å². The first-order chi connectivity index (χ1) is 6.35. The summed E-state index contributed by atoms with van der Waals surface area (Å²) < 4.78 is 0.